The van der Waals surface area contributed by atoms with Crippen LogP contribution in [0.4, 0.5) is 0 Å². The van der Waals surface area contributed by atoms with Crippen molar-refractivity contribution in [3.05, 3.63) is 0 Å². The fourth-order valence-electron chi connectivity index (χ4n) is 0.577. The molecule has 0 aromatic rings. The molecule has 0 aromatic carbocycles. The van der Waals surface area contributed by atoms with E-state index >= 15 is 0 Å². The number of rotatable bonds is 2. The molecule has 0 atom stereocenters. The van der Waals surface area contributed by atoms with Gasteiger partial charge in [0.2, 0.25) is 0 Å². The molecule has 0 aliphatic heterocycles. The fourth-order valence-corrected chi connectivity index (χ4v) is 0.577. The van der Waals surface area contributed by atoms with E-state index in [9.17, 15) is 0 Å². The Morgan fingerprint density at radius 2 is 1.75 bits per heavy atom. The zero-order valence-corrected chi connectivity index (χ0v) is 6.49. The predicted molar refractivity (Wildman–Crippen MR) is 40.6 cm³/mol. The van der Waals surface area contributed by atoms with Crippen molar-refractivity contribution in [2.24, 2.45) is 0 Å². The molecule has 0 rings (SSSR count). The summed E-state index contributed by atoms with van der Waals surface area (Å²) in [7, 11) is 2.37. The van der Waals surface area contributed by atoms with Crippen LogP contribution in [0.1, 0.15) is 34.1 Å². The molecule has 47 valence electrons. The lowest BCUT2D eigenvalue weighted by molar-refractivity contribution is 0.745. The molecule has 0 unspecified atom stereocenters. The smallest absolute Gasteiger partial charge is 0.0799 e. The zero-order valence-electron chi connectivity index (χ0n) is 6.49. The summed E-state index contributed by atoms with van der Waals surface area (Å²) in [6, 6.07) is 0. The summed E-state index contributed by atoms with van der Waals surface area (Å²) in [5.41, 5.74) is 0. The standard InChI is InChI=1S/C7H16B/c1-5-6-8-7(2,3)4/h5-6H2,1-4H3. The SMILES string of the molecule is CCC[B]C(C)(C)C. The first-order valence-electron chi connectivity index (χ1n) is 3.40. The molecule has 0 aromatic heterocycles. The van der Waals surface area contributed by atoms with Crippen LogP contribution in [0.2, 0.25) is 11.6 Å². The topological polar surface area (TPSA) is 0 Å². The molecule has 0 aliphatic carbocycles. The first-order chi connectivity index (χ1) is 3.56. The molecule has 0 bridgehead atoms. The molecule has 1 radical (unpaired) electrons. The molecule has 0 aliphatic rings. The van der Waals surface area contributed by atoms with Gasteiger partial charge in [0, 0.05) is 0 Å². The second-order valence-corrected chi connectivity index (χ2v) is 3.36. The van der Waals surface area contributed by atoms with Crippen LogP contribution in [0, 0.1) is 0 Å². The second-order valence-electron chi connectivity index (χ2n) is 3.36. The van der Waals surface area contributed by atoms with Gasteiger partial charge in [0.25, 0.3) is 0 Å². The maximum atomic E-state index is 2.37. The van der Waals surface area contributed by atoms with Crippen LogP contribution in [-0.4, -0.2) is 7.28 Å². The van der Waals surface area contributed by atoms with Crippen molar-refractivity contribution >= 4 is 7.28 Å². The normalized spacial score (nSPS) is 11.5. The highest BCUT2D eigenvalue weighted by Gasteiger charge is 2.09. The van der Waals surface area contributed by atoms with E-state index in [2.05, 4.69) is 35.0 Å². The van der Waals surface area contributed by atoms with Crippen LogP contribution in [0.5, 0.6) is 0 Å². The average Bonchev–Trinajstić information content (AvgIpc) is 1.59. The highest BCUT2D eigenvalue weighted by molar-refractivity contribution is 6.39. The van der Waals surface area contributed by atoms with Gasteiger partial charge in [-0.05, 0) is 0 Å². The van der Waals surface area contributed by atoms with E-state index in [0.717, 1.165) is 0 Å². The molecule has 0 fully saturated rings. The molecular weight excluding hydrogens is 94.9 g/mol. The van der Waals surface area contributed by atoms with Crippen molar-refractivity contribution < 1.29 is 0 Å². The van der Waals surface area contributed by atoms with Gasteiger partial charge in [0.1, 0.15) is 7.28 Å². The molecule has 0 heterocycles. The fraction of sp³-hybridized carbons (Fsp3) is 1.00. The number of hydrogen-bond donors (Lipinski definition) is 0. The summed E-state index contributed by atoms with van der Waals surface area (Å²) in [5, 5.41) is 0.427. The first kappa shape index (κ1) is 8.06. The Hall–Kier alpha value is 0.0649. The molecule has 0 spiro atoms. The van der Waals surface area contributed by atoms with Gasteiger partial charge in [-0.3, -0.25) is 0 Å². The van der Waals surface area contributed by atoms with E-state index in [0.29, 0.717) is 5.31 Å². The highest BCUT2D eigenvalue weighted by Crippen LogP contribution is 2.21. The largest absolute Gasteiger partial charge is 0.116 e. The van der Waals surface area contributed by atoms with Crippen molar-refractivity contribution in [3.8, 4) is 0 Å². The monoisotopic (exact) mass is 111 g/mol. The van der Waals surface area contributed by atoms with Crippen molar-refractivity contribution in [2.45, 2.75) is 45.8 Å². The third-order valence-corrected chi connectivity index (χ3v) is 1.05. The Morgan fingerprint density at radius 3 is 1.88 bits per heavy atom. The van der Waals surface area contributed by atoms with Gasteiger partial charge in [-0.1, -0.05) is 45.8 Å². The minimum absolute atomic E-state index is 0.427. The van der Waals surface area contributed by atoms with E-state index in [-0.39, 0.29) is 0 Å². The van der Waals surface area contributed by atoms with E-state index < -0.39 is 0 Å². The zero-order chi connectivity index (χ0) is 6.62. The van der Waals surface area contributed by atoms with Crippen LogP contribution in [-0.2, 0) is 0 Å². The first-order valence-corrected chi connectivity index (χ1v) is 3.40. The van der Waals surface area contributed by atoms with Gasteiger partial charge in [-0.2, -0.15) is 0 Å². The third-order valence-electron chi connectivity index (χ3n) is 1.05. The van der Waals surface area contributed by atoms with E-state index in [1.165, 1.54) is 12.7 Å². The minimum atomic E-state index is 0.427. The summed E-state index contributed by atoms with van der Waals surface area (Å²) in [6.07, 6.45) is 2.53. The molecule has 1 heteroatoms. The highest BCUT2D eigenvalue weighted by atomic mass is 14.0. The Labute approximate surface area is 53.9 Å². The van der Waals surface area contributed by atoms with E-state index in [4.69, 9.17) is 0 Å². The van der Waals surface area contributed by atoms with Crippen LogP contribution in [0.25, 0.3) is 0 Å². The molecule has 0 saturated carbocycles. The Morgan fingerprint density at radius 1 is 1.25 bits per heavy atom. The van der Waals surface area contributed by atoms with Gasteiger partial charge in [0.15, 0.2) is 0 Å². The summed E-state index contributed by atoms with van der Waals surface area (Å²) in [5.74, 6) is 0. The van der Waals surface area contributed by atoms with Gasteiger partial charge in [0.05, 0.1) is 0 Å². The van der Waals surface area contributed by atoms with Crippen LogP contribution in [0.3, 0.4) is 0 Å². The van der Waals surface area contributed by atoms with Crippen molar-refractivity contribution in [2.75, 3.05) is 0 Å². The lowest BCUT2D eigenvalue weighted by atomic mass is 9.53. The second kappa shape index (κ2) is 3.16. The van der Waals surface area contributed by atoms with Crippen LogP contribution < -0.4 is 0 Å². The Balaban J connectivity index is 3.11. The summed E-state index contributed by atoms with van der Waals surface area (Å²) < 4.78 is 0. The van der Waals surface area contributed by atoms with Crippen molar-refractivity contribution in [1.29, 1.82) is 0 Å². The van der Waals surface area contributed by atoms with Gasteiger partial charge in [-0.15, -0.1) is 0 Å². The van der Waals surface area contributed by atoms with Gasteiger partial charge in [-0.25, -0.2) is 0 Å². The van der Waals surface area contributed by atoms with Gasteiger partial charge < -0.3 is 0 Å². The van der Waals surface area contributed by atoms with Crippen molar-refractivity contribution in [3.63, 3.8) is 0 Å². The maximum absolute atomic E-state index is 2.37. The maximum Gasteiger partial charge on any atom is 0.116 e. The third kappa shape index (κ3) is 6.06. The Kier molecular flexibility index (Phi) is 3.19. The lowest BCUT2D eigenvalue weighted by Gasteiger charge is -2.14. The molecular formula is C7H16B. The molecule has 8 heavy (non-hydrogen) atoms. The summed E-state index contributed by atoms with van der Waals surface area (Å²) >= 11 is 0. The minimum Gasteiger partial charge on any atom is -0.0799 e. The lowest BCUT2D eigenvalue weighted by Crippen LogP contribution is -2.06. The number of hydrogen-bond acceptors (Lipinski definition) is 0. The summed E-state index contributed by atoms with van der Waals surface area (Å²) in [6.45, 7) is 8.93. The summed E-state index contributed by atoms with van der Waals surface area (Å²) in [4.78, 5) is 0. The quantitative estimate of drug-likeness (QED) is 0.480. The average molecular weight is 111 g/mol. The van der Waals surface area contributed by atoms with Crippen LogP contribution >= 0.6 is 0 Å². The van der Waals surface area contributed by atoms with Crippen LogP contribution in [0.15, 0.2) is 0 Å². The van der Waals surface area contributed by atoms with Crippen molar-refractivity contribution in [1.82, 2.24) is 0 Å². The predicted octanol–water partition coefficient (Wildman–Crippen LogP) is 2.74. The molecule has 0 amide bonds. The molecule has 0 N–H and O–H groups in total. The van der Waals surface area contributed by atoms with E-state index in [1.807, 2.05) is 0 Å². The molecule has 0 nitrogen and oxygen atoms in total. The van der Waals surface area contributed by atoms with Gasteiger partial charge >= 0.3 is 0 Å². The Bertz CT molecular complexity index is 51.9. The molecule has 0 saturated heterocycles. The van der Waals surface area contributed by atoms with E-state index in [1.54, 1.807) is 0 Å².